The van der Waals surface area contributed by atoms with Crippen LogP contribution in [0.5, 0.6) is 5.75 Å². The zero-order valence-electron chi connectivity index (χ0n) is 24.9. The molecule has 0 radical (unpaired) electrons. The van der Waals surface area contributed by atoms with Gasteiger partial charge in [-0.1, -0.05) is 54.1 Å². The predicted molar refractivity (Wildman–Crippen MR) is 169 cm³/mol. The SMILES string of the molecule is COc1ccc(-c2nnc(-c3cc(-c4nnc(-c5ccc(C)cc5)nn4)cc(-c4nnc(-c5ccc(C=O)cc5)nn4)c3)nn2)cc1. The number of nitrogens with zero attached hydrogens (tertiary/aromatic N) is 12. The molecule has 7 aromatic rings. The van der Waals surface area contributed by atoms with Crippen LogP contribution in [-0.2, 0) is 0 Å². The number of carbonyl (C=O) groups excluding carboxylic acids is 1. The molecule has 47 heavy (non-hydrogen) atoms. The Balaban J connectivity index is 1.26. The van der Waals surface area contributed by atoms with Crippen molar-refractivity contribution in [1.29, 1.82) is 0 Å². The number of rotatable bonds is 8. The van der Waals surface area contributed by atoms with Crippen LogP contribution in [0.2, 0.25) is 0 Å². The van der Waals surface area contributed by atoms with Crippen molar-refractivity contribution in [1.82, 2.24) is 61.2 Å². The van der Waals surface area contributed by atoms with Gasteiger partial charge in [-0.25, -0.2) is 0 Å². The van der Waals surface area contributed by atoms with E-state index in [-0.39, 0.29) is 17.5 Å². The van der Waals surface area contributed by atoms with Crippen LogP contribution >= 0.6 is 0 Å². The minimum Gasteiger partial charge on any atom is -0.497 e. The first kappa shape index (κ1) is 28.9. The second-order valence-electron chi connectivity index (χ2n) is 10.3. The molecule has 226 valence electrons. The Morgan fingerprint density at radius 3 is 1.04 bits per heavy atom. The lowest BCUT2D eigenvalue weighted by Gasteiger charge is -2.08. The van der Waals surface area contributed by atoms with Gasteiger partial charge in [-0.2, -0.15) is 0 Å². The van der Waals surface area contributed by atoms with Gasteiger partial charge in [0.25, 0.3) is 0 Å². The highest BCUT2D eigenvalue weighted by molar-refractivity contribution is 5.76. The summed E-state index contributed by atoms with van der Waals surface area (Å²) in [5, 5.41) is 51.8. The Morgan fingerprint density at radius 1 is 0.426 bits per heavy atom. The van der Waals surface area contributed by atoms with Crippen LogP contribution in [0.4, 0.5) is 0 Å². The van der Waals surface area contributed by atoms with E-state index in [9.17, 15) is 4.79 Å². The van der Waals surface area contributed by atoms with E-state index in [0.29, 0.717) is 51.0 Å². The average Bonchev–Trinajstić information content (AvgIpc) is 3.15. The number of aryl methyl sites for hydroxylation is 1. The van der Waals surface area contributed by atoms with Crippen molar-refractivity contribution in [3.8, 4) is 74.1 Å². The molecule has 3 heterocycles. The van der Waals surface area contributed by atoms with Gasteiger partial charge in [0.05, 0.1) is 7.11 Å². The van der Waals surface area contributed by atoms with Gasteiger partial charge in [0, 0.05) is 38.9 Å². The van der Waals surface area contributed by atoms with Gasteiger partial charge in [0.1, 0.15) is 12.0 Å². The first-order chi connectivity index (χ1) is 23.1. The first-order valence-electron chi connectivity index (χ1n) is 14.2. The minimum absolute atomic E-state index is 0.231. The molecular formula is C33H22N12O2. The highest BCUT2D eigenvalue weighted by atomic mass is 16.5. The Morgan fingerprint density at radius 2 is 0.723 bits per heavy atom. The topological polar surface area (TPSA) is 181 Å². The first-order valence-corrected chi connectivity index (χ1v) is 14.2. The van der Waals surface area contributed by atoms with Crippen LogP contribution in [0, 0.1) is 6.92 Å². The van der Waals surface area contributed by atoms with E-state index in [0.717, 1.165) is 23.0 Å². The number of methoxy groups -OCH3 is 1. The number of ether oxygens (including phenoxy) is 1. The fraction of sp³-hybridized carbons (Fsp3) is 0.0606. The molecule has 0 bridgehead atoms. The van der Waals surface area contributed by atoms with E-state index in [1.165, 1.54) is 0 Å². The van der Waals surface area contributed by atoms with Crippen molar-refractivity contribution in [2.24, 2.45) is 0 Å². The summed E-state index contributed by atoms with van der Waals surface area (Å²) >= 11 is 0. The summed E-state index contributed by atoms with van der Waals surface area (Å²) in [5.74, 6) is 2.49. The molecule has 0 N–H and O–H groups in total. The van der Waals surface area contributed by atoms with Gasteiger partial charge in [0.15, 0.2) is 0 Å². The monoisotopic (exact) mass is 618 g/mol. The molecule has 0 aliphatic rings. The van der Waals surface area contributed by atoms with Crippen molar-refractivity contribution < 1.29 is 9.53 Å². The molecule has 0 saturated carbocycles. The summed E-state index contributed by atoms with van der Waals surface area (Å²) in [7, 11) is 1.60. The summed E-state index contributed by atoms with van der Waals surface area (Å²) in [6, 6.07) is 27.2. The molecule has 4 aromatic carbocycles. The van der Waals surface area contributed by atoms with Crippen molar-refractivity contribution in [2.75, 3.05) is 7.11 Å². The van der Waals surface area contributed by atoms with Gasteiger partial charge in [-0.05, 0) is 49.4 Å². The average molecular weight is 619 g/mol. The lowest BCUT2D eigenvalue weighted by Crippen LogP contribution is -2.03. The molecule has 0 saturated heterocycles. The van der Waals surface area contributed by atoms with Gasteiger partial charge >= 0.3 is 0 Å². The molecule has 0 aliphatic carbocycles. The molecule has 0 spiro atoms. The molecule has 14 heteroatoms. The molecule has 0 unspecified atom stereocenters. The Bertz CT molecular complexity index is 2160. The van der Waals surface area contributed by atoms with Gasteiger partial charge < -0.3 is 4.74 Å². The molecule has 0 fully saturated rings. The van der Waals surface area contributed by atoms with Crippen LogP contribution < -0.4 is 4.74 Å². The van der Waals surface area contributed by atoms with Gasteiger partial charge in [-0.15, -0.1) is 61.2 Å². The Labute approximate surface area is 267 Å². The predicted octanol–water partition coefficient (Wildman–Crippen LogP) is 4.56. The third-order valence-corrected chi connectivity index (χ3v) is 7.11. The maximum absolute atomic E-state index is 11.0. The van der Waals surface area contributed by atoms with Crippen molar-refractivity contribution in [2.45, 2.75) is 6.92 Å². The fourth-order valence-electron chi connectivity index (χ4n) is 4.55. The highest BCUT2D eigenvalue weighted by Crippen LogP contribution is 2.29. The largest absolute Gasteiger partial charge is 0.497 e. The van der Waals surface area contributed by atoms with Crippen LogP contribution in [-0.4, -0.2) is 74.6 Å². The van der Waals surface area contributed by atoms with Gasteiger partial charge in [0.2, 0.25) is 34.9 Å². The zero-order valence-corrected chi connectivity index (χ0v) is 24.9. The molecule has 0 atom stereocenters. The number of benzene rings is 4. The number of aldehydes is 1. The van der Waals surface area contributed by atoms with E-state index >= 15 is 0 Å². The summed E-state index contributed by atoms with van der Waals surface area (Å²) in [6.07, 6.45) is 0.765. The standard InChI is InChI=1S/C33H22N12O2/c1-19-3-7-21(8-4-19)28-34-40-31(41-35-28)24-15-25(32-42-36-29(37-43-32)22-9-5-20(18-46)6-10-22)17-26(16-24)33-44-38-30(39-45-33)23-11-13-27(47-2)14-12-23/h3-18H,1-2H3. The summed E-state index contributed by atoms with van der Waals surface area (Å²) in [6.45, 7) is 2.00. The van der Waals surface area contributed by atoms with E-state index in [1.54, 1.807) is 49.6 Å². The Kier molecular flexibility index (Phi) is 7.78. The number of hydrogen-bond donors (Lipinski definition) is 0. The lowest BCUT2D eigenvalue weighted by atomic mass is 10.0. The van der Waals surface area contributed by atoms with Crippen molar-refractivity contribution >= 4 is 6.29 Å². The summed E-state index contributed by atoms with van der Waals surface area (Å²) in [5.41, 5.74) is 5.48. The minimum atomic E-state index is 0.231. The van der Waals surface area contributed by atoms with E-state index < -0.39 is 0 Å². The van der Waals surface area contributed by atoms with Crippen LogP contribution in [0.1, 0.15) is 15.9 Å². The van der Waals surface area contributed by atoms with Crippen molar-refractivity contribution in [3.63, 3.8) is 0 Å². The third kappa shape index (κ3) is 6.23. The molecule has 3 aromatic heterocycles. The molecule has 0 aliphatic heterocycles. The van der Waals surface area contributed by atoms with E-state index in [4.69, 9.17) is 4.74 Å². The van der Waals surface area contributed by atoms with Gasteiger partial charge in [-0.3, -0.25) is 4.79 Å². The third-order valence-electron chi connectivity index (χ3n) is 7.11. The maximum atomic E-state index is 11.0. The van der Waals surface area contributed by atoms with Crippen LogP contribution in [0.3, 0.4) is 0 Å². The normalized spacial score (nSPS) is 10.9. The van der Waals surface area contributed by atoms with Crippen molar-refractivity contribution in [3.05, 3.63) is 102 Å². The molecular weight excluding hydrogens is 596 g/mol. The van der Waals surface area contributed by atoms with E-state index in [1.807, 2.05) is 55.5 Å². The summed E-state index contributed by atoms with van der Waals surface area (Å²) < 4.78 is 5.23. The quantitative estimate of drug-likeness (QED) is 0.216. The summed E-state index contributed by atoms with van der Waals surface area (Å²) in [4.78, 5) is 11.0. The Hall–Kier alpha value is -6.83. The fourth-order valence-corrected chi connectivity index (χ4v) is 4.55. The zero-order chi connectivity index (χ0) is 32.2. The second kappa shape index (κ2) is 12.6. The maximum Gasteiger partial charge on any atom is 0.203 e. The molecule has 14 nitrogen and oxygen atoms in total. The second-order valence-corrected chi connectivity index (χ2v) is 10.3. The lowest BCUT2D eigenvalue weighted by molar-refractivity contribution is 0.112. The number of aromatic nitrogens is 12. The van der Waals surface area contributed by atoms with Crippen LogP contribution in [0.25, 0.3) is 68.3 Å². The molecule has 0 amide bonds. The van der Waals surface area contributed by atoms with Crippen LogP contribution in [0.15, 0.2) is 91.0 Å². The number of hydrogen-bond acceptors (Lipinski definition) is 14. The number of carbonyl (C=O) groups is 1. The smallest absolute Gasteiger partial charge is 0.203 e. The van der Waals surface area contributed by atoms with E-state index in [2.05, 4.69) is 61.2 Å². The molecule has 7 rings (SSSR count). The highest BCUT2D eigenvalue weighted by Gasteiger charge is 2.16.